The Balaban J connectivity index is 1.51. The first-order valence-corrected chi connectivity index (χ1v) is 11.4. The van der Waals surface area contributed by atoms with Gasteiger partial charge in [0.2, 0.25) is 5.91 Å². The van der Waals surface area contributed by atoms with E-state index in [0.29, 0.717) is 10.7 Å². The van der Waals surface area contributed by atoms with Crippen molar-refractivity contribution in [3.8, 4) is 0 Å². The molecule has 4 rings (SSSR count). The van der Waals surface area contributed by atoms with Crippen LogP contribution in [0.4, 0.5) is 11.4 Å². The lowest BCUT2D eigenvalue weighted by Crippen LogP contribution is -2.16. The van der Waals surface area contributed by atoms with Gasteiger partial charge in [-0.2, -0.15) is 0 Å². The van der Waals surface area contributed by atoms with Crippen LogP contribution in [0.25, 0.3) is 10.9 Å². The standard InChI is InChI=1S/C23H20ClN3O3S/c1-27-15-16(19-9-2-5-12-22(19)27)13-23(28)25-17-7-6-8-18(14-17)31(29,30)26-21-11-4-3-10-20(21)24/h2-12,14-15,26H,13H2,1H3,(H,25,28). The first-order chi connectivity index (χ1) is 14.8. The average molecular weight is 454 g/mol. The SMILES string of the molecule is Cn1cc(CC(=O)Nc2cccc(S(=O)(=O)Nc3ccccc3Cl)c2)c2ccccc21. The molecule has 0 aliphatic heterocycles. The summed E-state index contributed by atoms with van der Waals surface area (Å²) in [7, 11) is -1.93. The molecule has 0 unspecified atom stereocenters. The number of aromatic nitrogens is 1. The fourth-order valence-corrected chi connectivity index (χ4v) is 4.80. The molecule has 0 bridgehead atoms. The number of amides is 1. The number of fused-ring (bicyclic) bond motifs is 1. The maximum absolute atomic E-state index is 12.7. The Hall–Kier alpha value is -3.29. The molecule has 4 aromatic rings. The molecular formula is C23H20ClN3O3S. The third-order valence-electron chi connectivity index (χ3n) is 4.88. The summed E-state index contributed by atoms with van der Waals surface area (Å²) in [6.07, 6.45) is 2.11. The zero-order chi connectivity index (χ0) is 22.0. The highest BCUT2D eigenvalue weighted by atomic mass is 35.5. The molecule has 0 spiro atoms. The lowest BCUT2D eigenvalue weighted by molar-refractivity contribution is -0.115. The number of hydrogen-bond acceptors (Lipinski definition) is 3. The van der Waals surface area contributed by atoms with Gasteiger partial charge in [-0.25, -0.2) is 8.42 Å². The molecule has 3 aromatic carbocycles. The topological polar surface area (TPSA) is 80.2 Å². The summed E-state index contributed by atoms with van der Waals surface area (Å²) in [6.45, 7) is 0. The van der Waals surface area contributed by atoms with Crippen LogP contribution in [0.15, 0.2) is 83.9 Å². The first-order valence-electron chi connectivity index (χ1n) is 9.54. The highest BCUT2D eigenvalue weighted by Crippen LogP contribution is 2.25. The number of benzene rings is 3. The van der Waals surface area contributed by atoms with E-state index >= 15 is 0 Å². The second kappa shape index (κ2) is 8.45. The van der Waals surface area contributed by atoms with Crippen LogP contribution in [0, 0.1) is 0 Å². The van der Waals surface area contributed by atoms with Gasteiger partial charge in [-0.05, 0) is 42.0 Å². The molecule has 158 valence electrons. The third-order valence-corrected chi connectivity index (χ3v) is 6.57. The van der Waals surface area contributed by atoms with Crippen LogP contribution in [0.5, 0.6) is 0 Å². The highest BCUT2D eigenvalue weighted by Gasteiger charge is 2.17. The Morgan fingerprint density at radius 3 is 2.55 bits per heavy atom. The van der Waals surface area contributed by atoms with Crippen LogP contribution >= 0.6 is 11.6 Å². The molecular weight excluding hydrogens is 434 g/mol. The number of halogens is 1. The first kappa shape index (κ1) is 21.0. The van der Waals surface area contributed by atoms with Gasteiger partial charge in [0.1, 0.15) is 0 Å². The number of nitrogens with zero attached hydrogens (tertiary/aromatic N) is 1. The molecule has 0 aliphatic rings. The van der Waals surface area contributed by atoms with Crippen molar-refractivity contribution >= 4 is 49.8 Å². The number of aryl methyl sites for hydroxylation is 1. The van der Waals surface area contributed by atoms with Crippen molar-refractivity contribution < 1.29 is 13.2 Å². The minimum absolute atomic E-state index is 0.0235. The van der Waals surface area contributed by atoms with Crippen LogP contribution in [0.1, 0.15) is 5.56 Å². The number of hydrogen-bond donors (Lipinski definition) is 2. The summed E-state index contributed by atoms with van der Waals surface area (Å²) in [4.78, 5) is 12.7. The summed E-state index contributed by atoms with van der Waals surface area (Å²) >= 11 is 6.05. The molecule has 0 fully saturated rings. The minimum Gasteiger partial charge on any atom is -0.350 e. The summed E-state index contributed by atoms with van der Waals surface area (Å²) in [5.41, 5.74) is 2.63. The number of para-hydroxylation sites is 2. The van der Waals surface area contributed by atoms with Gasteiger partial charge in [-0.3, -0.25) is 9.52 Å². The van der Waals surface area contributed by atoms with E-state index in [1.165, 1.54) is 12.1 Å². The third kappa shape index (κ3) is 4.57. The number of carbonyl (C=O) groups excluding carboxylic acids is 1. The highest BCUT2D eigenvalue weighted by molar-refractivity contribution is 7.92. The zero-order valence-electron chi connectivity index (χ0n) is 16.7. The van der Waals surface area contributed by atoms with Crippen LogP contribution in [-0.2, 0) is 28.3 Å². The van der Waals surface area contributed by atoms with Gasteiger partial charge < -0.3 is 9.88 Å². The Bertz CT molecular complexity index is 1380. The number of nitrogens with one attached hydrogen (secondary N) is 2. The Morgan fingerprint density at radius 1 is 1.00 bits per heavy atom. The van der Waals surface area contributed by atoms with Crippen LogP contribution in [0.3, 0.4) is 0 Å². The molecule has 2 N–H and O–H groups in total. The molecule has 31 heavy (non-hydrogen) atoms. The van der Waals surface area contributed by atoms with Crippen LogP contribution in [0.2, 0.25) is 5.02 Å². The molecule has 8 heteroatoms. The summed E-state index contributed by atoms with van der Waals surface area (Å²) in [6, 6.07) is 20.5. The maximum atomic E-state index is 12.7. The fraction of sp³-hybridized carbons (Fsp3) is 0.0870. The Morgan fingerprint density at radius 2 is 1.74 bits per heavy atom. The summed E-state index contributed by atoms with van der Waals surface area (Å²) in [5.74, 6) is -0.232. The van der Waals surface area contributed by atoms with Gasteiger partial charge in [0, 0.05) is 29.8 Å². The van der Waals surface area contributed by atoms with Crippen LogP contribution < -0.4 is 10.0 Å². The molecule has 1 heterocycles. The van der Waals surface area contributed by atoms with Gasteiger partial charge in [0.25, 0.3) is 10.0 Å². The van der Waals surface area contributed by atoms with Gasteiger partial charge in [0.05, 0.1) is 22.0 Å². The molecule has 0 saturated heterocycles. The molecule has 0 aliphatic carbocycles. The number of rotatable bonds is 6. The van der Waals surface area contributed by atoms with Crippen LogP contribution in [-0.4, -0.2) is 18.9 Å². The summed E-state index contributed by atoms with van der Waals surface area (Å²) in [5, 5.41) is 4.10. The predicted octanol–water partition coefficient (Wildman–Crippen LogP) is 4.81. The molecule has 0 radical (unpaired) electrons. The van der Waals surface area contributed by atoms with Crippen molar-refractivity contribution in [1.82, 2.24) is 4.57 Å². The van der Waals surface area contributed by atoms with Crippen molar-refractivity contribution in [2.45, 2.75) is 11.3 Å². The van der Waals surface area contributed by atoms with Crippen molar-refractivity contribution in [2.24, 2.45) is 7.05 Å². The number of sulfonamides is 1. The fourth-order valence-electron chi connectivity index (χ4n) is 3.43. The van der Waals surface area contributed by atoms with E-state index in [1.807, 2.05) is 42.1 Å². The Labute approximate surface area is 185 Å². The van der Waals surface area contributed by atoms with Gasteiger partial charge in [0.15, 0.2) is 0 Å². The van der Waals surface area contributed by atoms with E-state index in [-0.39, 0.29) is 22.9 Å². The van der Waals surface area contributed by atoms with Gasteiger partial charge in [-0.15, -0.1) is 0 Å². The van der Waals surface area contributed by atoms with Crippen molar-refractivity contribution in [3.63, 3.8) is 0 Å². The lowest BCUT2D eigenvalue weighted by atomic mass is 10.1. The largest absolute Gasteiger partial charge is 0.350 e. The van der Waals surface area contributed by atoms with E-state index in [0.717, 1.165) is 16.5 Å². The second-order valence-electron chi connectivity index (χ2n) is 7.12. The Kier molecular flexibility index (Phi) is 5.71. The molecule has 0 saturated carbocycles. The number of carbonyl (C=O) groups is 1. The van der Waals surface area contributed by atoms with E-state index < -0.39 is 10.0 Å². The molecule has 6 nitrogen and oxygen atoms in total. The lowest BCUT2D eigenvalue weighted by Gasteiger charge is -2.11. The average Bonchev–Trinajstić information content (AvgIpc) is 3.05. The van der Waals surface area contributed by atoms with Crippen molar-refractivity contribution in [1.29, 1.82) is 0 Å². The normalized spacial score (nSPS) is 11.4. The second-order valence-corrected chi connectivity index (χ2v) is 9.21. The quantitative estimate of drug-likeness (QED) is 0.439. The number of anilines is 2. The molecule has 1 amide bonds. The zero-order valence-corrected chi connectivity index (χ0v) is 18.2. The van der Waals surface area contributed by atoms with Crippen molar-refractivity contribution in [3.05, 3.63) is 89.6 Å². The monoisotopic (exact) mass is 453 g/mol. The van der Waals surface area contributed by atoms with E-state index in [9.17, 15) is 13.2 Å². The van der Waals surface area contributed by atoms with Crippen molar-refractivity contribution in [2.75, 3.05) is 10.0 Å². The summed E-state index contributed by atoms with van der Waals surface area (Å²) < 4.78 is 29.9. The smallest absolute Gasteiger partial charge is 0.262 e. The predicted molar refractivity (Wildman–Crippen MR) is 124 cm³/mol. The molecule has 1 aromatic heterocycles. The minimum atomic E-state index is -3.87. The van der Waals surface area contributed by atoms with Gasteiger partial charge in [-0.1, -0.05) is 48.0 Å². The van der Waals surface area contributed by atoms with E-state index in [1.54, 1.807) is 36.4 Å². The maximum Gasteiger partial charge on any atom is 0.262 e. The molecule has 0 atom stereocenters. The van der Waals surface area contributed by atoms with Gasteiger partial charge >= 0.3 is 0 Å². The van der Waals surface area contributed by atoms with E-state index in [2.05, 4.69) is 10.0 Å². The van der Waals surface area contributed by atoms with E-state index in [4.69, 9.17) is 11.6 Å².